The molecule has 100 valence electrons. The summed E-state index contributed by atoms with van der Waals surface area (Å²) in [6, 6.07) is 5.12. The summed E-state index contributed by atoms with van der Waals surface area (Å²) in [5, 5.41) is 5.98. The summed E-state index contributed by atoms with van der Waals surface area (Å²) < 4.78 is 13.3. The van der Waals surface area contributed by atoms with Crippen molar-refractivity contribution in [2.75, 3.05) is 11.9 Å². The van der Waals surface area contributed by atoms with Crippen LogP contribution in [-0.2, 0) is 4.79 Å². The molecule has 0 aliphatic rings. The highest BCUT2D eigenvalue weighted by atomic mass is 19.1. The van der Waals surface area contributed by atoms with Crippen LogP contribution in [0.4, 0.5) is 10.1 Å². The van der Waals surface area contributed by atoms with E-state index in [9.17, 15) is 9.18 Å². The molecule has 0 radical (unpaired) electrons. The molecule has 0 heterocycles. The zero-order chi connectivity index (χ0) is 13.5. The van der Waals surface area contributed by atoms with Gasteiger partial charge in [0, 0.05) is 23.7 Å². The first-order valence-corrected chi connectivity index (χ1v) is 6.29. The highest BCUT2D eigenvalue weighted by Gasteiger charge is 2.07. The van der Waals surface area contributed by atoms with Gasteiger partial charge >= 0.3 is 0 Å². The second-order valence-corrected chi connectivity index (χ2v) is 4.67. The van der Waals surface area contributed by atoms with Gasteiger partial charge in [0.2, 0.25) is 5.91 Å². The van der Waals surface area contributed by atoms with Gasteiger partial charge in [-0.3, -0.25) is 4.79 Å². The zero-order valence-electron chi connectivity index (χ0n) is 11.2. The number of carbonyl (C=O) groups excluding carboxylic acids is 1. The van der Waals surface area contributed by atoms with Crippen molar-refractivity contribution in [1.29, 1.82) is 0 Å². The maximum atomic E-state index is 13.3. The zero-order valence-corrected chi connectivity index (χ0v) is 11.2. The Hall–Kier alpha value is -1.42. The van der Waals surface area contributed by atoms with Gasteiger partial charge in [0.25, 0.3) is 0 Å². The number of hydrogen-bond donors (Lipinski definition) is 2. The van der Waals surface area contributed by atoms with Gasteiger partial charge in [0.15, 0.2) is 0 Å². The molecule has 3 nitrogen and oxygen atoms in total. The number of rotatable bonds is 6. The van der Waals surface area contributed by atoms with Gasteiger partial charge < -0.3 is 10.6 Å². The third kappa shape index (κ3) is 4.84. The van der Waals surface area contributed by atoms with E-state index in [1.54, 1.807) is 19.1 Å². The van der Waals surface area contributed by atoms with Crippen LogP contribution in [0, 0.1) is 12.7 Å². The molecule has 1 aromatic carbocycles. The van der Waals surface area contributed by atoms with Crippen molar-refractivity contribution in [3.63, 3.8) is 0 Å². The van der Waals surface area contributed by atoms with Crippen molar-refractivity contribution in [3.8, 4) is 0 Å². The van der Waals surface area contributed by atoms with Crippen LogP contribution in [-0.4, -0.2) is 18.5 Å². The summed E-state index contributed by atoms with van der Waals surface area (Å²) in [6.45, 7) is 6.60. The Morgan fingerprint density at radius 1 is 1.39 bits per heavy atom. The Kier molecular flexibility index (Phi) is 5.78. The van der Waals surface area contributed by atoms with Gasteiger partial charge in [-0.1, -0.05) is 19.9 Å². The molecule has 1 aromatic rings. The van der Waals surface area contributed by atoms with Crippen molar-refractivity contribution in [2.24, 2.45) is 0 Å². The molecule has 0 aromatic heterocycles. The second-order valence-electron chi connectivity index (χ2n) is 4.67. The molecule has 1 rings (SSSR count). The highest BCUT2D eigenvalue weighted by molar-refractivity contribution is 5.91. The number of carbonyl (C=O) groups is 1. The van der Waals surface area contributed by atoms with Gasteiger partial charge in [-0.15, -0.1) is 0 Å². The van der Waals surface area contributed by atoms with Crippen LogP contribution in [0.25, 0.3) is 0 Å². The first-order chi connectivity index (χ1) is 8.50. The van der Waals surface area contributed by atoms with Crippen LogP contribution in [0.1, 0.15) is 32.3 Å². The van der Waals surface area contributed by atoms with Crippen molar-refractivity contribution in [2.45, 2.75) is 39.7 Å². The molecule has 18 heavy (non-hydrogen) atoms. The van der Waals surface area contributed by atoms with Crippen LogP contribution in [0.3, 0.4) is 0 Å². The third-order valence-corrected chi connectivity index (χ3v) is 2.67. The number of halogens is 1. The molecule has 0 unspecified atom stereocenters. The lowest BCUT2D eigenvalue weighted by Crippen LogP contribution is -2.24. The second kappa shape index (κ2) is 7.11. The molecule has 0 saturated heterocycles. The van der Waals surface area contributed by atoms with Gasteiger partial charge in [0.05, 0.1) is 0 Å². The summed E-state index contributed by atoms with van der Waals surface area (Å²) in [6.07, 6.45) is 1.22. The van der Waals surface area contributed by atoms with E-state index in [1.165, 1.54) is 6.07 Å². The van der Waals surface area contributed by atoms with Gasteiger partial charge in [0.1, 0.15) is 5.82 Å². The Morgan fingerprint density at radius 3 is 2.78 bits per heavy atom. The smallest absolute Gasteiger partial charge is 0.224 e. The standard InChI is InChI=1S/C14H21FN2O/c1-10(2)16-9-5-8-14(18)17-13-7-4-6-12(15)11(13)3/h4,6-7,10,16H,5,8-9H2,1-3H3,(H,17,18). The lowest BCUT2D eigenvalue weighted by molar-refractivity contribution is -0.116. The summed E-state index contributed by atoms with van der Waals surface area (Å²) >= 11 is 0. The molecule has 2 N–H and O–H groups in total. The Morgan fingerprint density at radius 2 is 2.11 bits per heavy atom. The fourth-order valence-corrected chi connectivity index (χ4v) is 1.60. The predicted molar refractivity (Wildman–Crippen MR) is 72.1 cm³/mol. The predicted octanol–water partition coefficient (Wildman–Crippen LogP) is 2.85. The molecular formula is C14H21FN2O. The van der Waals surface area contributed by atoms with Crippen LogP contribution < -0.4 is 10.6 Å². The van der Waals surface area contributed by atoms with Crippen LogP contribution >= 0.6 is 0 Å². The summed E-state index contributed by atoms with van der Waals surface area (Å²) in [5.74, 6) is -0.372. The fourth-order valence-electron chi connectivity index (χ4n) is 1.60. The highest BCUT2D eigenvalue weighted by Crippen LogP contribution is 2.17. The monoisotopic (exact) mass is 252 g/mol. The number of amides is 1. The lowest BCUT2D eigenvalue weighted by Gasteiger charge is -2.10. The number of hydrogen-bond acceptors (Lipinski definition) is 2. The quantitative estimate of drug-likeness (QED) is 0.764. The van der Waals surface area contributed by atoms with Crippen molar-refractivity contribution in [3.05, 3.63) is 29.6 Å². The van der Waals surface area contributed by atoms with Crippen molar-refractivity contribution >= 4 is 11.6 Å². The maximum absolute atomic E-state index is 13.3. The van der Waals surface area contributed by atoms with Crippen molar-refractivity contribution < 1.29 is 9.18 Å². The van der Waals surface area contributed by atoms with E-state index < -0.39 is 0 Å². The molecule has 0 fully saturated rings. The average Bonchev–Trinajstić information content (AvgIpc) is 2.30. The minimum atomic E-state index is -0.297. The molecule has 0 atom stereocenters. The molecule has 1 amide bonds. The van der Waals surface area contributed by atoms with E-state index in [-0.39, 0.29) is 11.7 Å². The summed E-state index contributed by atoms with van der Waals surface area (Å²) in [7, 11) is 0. The molecule has 0 aliphatic carbocycles. The van der Waals surface area contributed by atoms with E-state index in [1.807, 2.05) is 0 Å². The molecule has 0 saturated carbocycles. The topological polar surface area (TPSA) is 41.1 Å². The van der Waals surface area contributed by atoms with E-state index in [0.717, 1.165) is 13.0 Å². The van der Waals surface area contributed by atoms with Gasteiger partial charge in [-0.2, -0.15) is 0 Å². The van der Waals surface area contributed by atoms with Crippen LogP contribution in [0.2, 0.25) is 0 Å². The molecule has 0 aliphatic heterocycles. The van der Waals surface area contributed by atoms with E-state index in [4.69, 9.17) is 0 Å². The molecule has 4 heteroatoms. The fraction of sp³-hybridized carbons (Fsp3) is 0.500. The molecular weight excluding hydrogens is 231 g/mol. The normalized spacial score (nSPS) is 10.7. The largest absolute Gasteiger partial charge is 0.326 e. The van der Waals surface area contributed by atoms with Crippen LogP contribution in [0.15, 0.2) is 18.2 Å². The summed E-state index contributed by atoms with van der Waals surface area (Å²) in [5.41, 5.74) is 1.03. The lowest BCUT2D eigenvalue weighted by atomic mass is 10.2. The van der Waals surface area contributed by atoms with Gasteiger partial charge in [-0.05, 0) is 32.0 Å². The SMILES string of the molecule is Cc1c(F)cccc1NC(=O)CCCNC(C)C. The number of nitrogens with one attached hydrogen (secondary N) is 2. The minimum Gasteiger partial charge on any atom is -0.326 e. The first kappa shape index (κ1) is 14.6. The Bertz CT molecular complexity index is 405. The van der Waals surface area contributed by atoms with Gasteiger partial charge in [-0.25, -0.2) is 4.39 Å². The Labute approximate surface area is 108 Å². The molecule has 0 spiro atoms. The minimum absolute atomic E-state index is 0.0748. The maximum Gasteiger partial charge on any atom is 0.224 e. The Balaban J connectivity index is 2.38. The molecule has 0 bridgehead atoms. The van der Waals surface area contributed by atoms with E-state index >= 15 is 0 Å². The first-order valence-electron chi connectivity index (χ1n) is 6.29. The third-order valence-electron chi connectivity index (χ3n) is 2.67. The number of benzene rings is 1. The summed E-state index contributed by atoms with van der Waals surface area (Å²) in [4.78, 5) is 11.7. The van der Waals surface area contributed by atoms with E-state index in [0.29, 0.717) is 23.7 Å². The van der Waals surface area contributed by atoms with E-state index in [2.05, 4.69) is 24.5 Å². The van der Waals surface area contributed by atoms with Crippen molar-refractivity contribution in [1.82, 2.24) is 5.32 Å². The average molecular weight is 252 g/mol. The van der Waals surface area contributed by atoms with Crippen LogP contribution in [0.5, 0.6) is 0 Å². The number of anilines is 1.